The third kappa shape index (κ3) is 5.68. The first-order valence-electron chi connectivity index (χ1n) is 6.84. The van der Waals surface area contributed by atoms with Crippen molar-refractivity contribution in [2.24, 2.45) is 0 Å². The third-order valence-corrected chi connectivity index (χ3v) is 3.66. The normalized spacial score (nSPS) is 12.2. The van der Waals surface area contributed by atoms with E-state index in [2.05, 4.69) is 28.5 Å². The number of thioether (sulfide) groups is 1. The molecule has 0 unspecified atom stereocenters. The molecule has 1 aromatic heterocycles. The van der Waals surface area contributed by atoms with Gasteiger partial charge in [0.15, 0.2) is 11.6 Å². The molecule has 0 aliphatic rings. The van der Waals surface area contributed by atoms with Crippen molar-refractivity contribution in [2.75, 3.05) is 24.4 Å². The van der Waals surface area contributed by atoms with Crippen LogP contribution in [0.3, 0.4) is 0 Å². The van der Waals surface area contributed by atoms with Crippen molar-refractivity contribution < 1.29 is 4.74 Å². The highest BCUT2D eigenvalue weighted by molar-refractivity contribution is 7.98. The maximum atomic E-state index is 5.32. The maximum absolute atomic E-state index is 5.32. The van der Waals surface area contributed by atoms with Gasteiger partial charge in [-0.15, -0.1) is 0 Å². The van der Waals surface area contributed by atoms with Crippen LogP contribution in [0.2, 0.25) is 0 Å². The summed E-state index contributed by atoms with van der Waals surface area (Å²) in [6, 6.07) is 0.454. The number of hydrogen-bond donors (Lipinski definition) is 1. The summed E-state index contributed by atoms with van der Waals surface area (Å²) in [5.74, 6) is 3.46. The molecule has 0 fully saturated rings. The SMILES string of the molecule is CCCC[C@@H](CCSC)Nc1nc(C)ncc1OC. The van der Waals surface area contributed by atoms with Gasteiger partial charge in [0.05, 0.1) is 13.3 Å². The Morgan fingerprint density at radius 1 is 1.42 bits per heavy atom. The highest BCUT2D eigenvalue weighted by atomic mass is 32.2. The third-order valence-electron chi connectivity index (χ3n) is 3.01. The van der Waals surface area contributed by atoms with Gasteiger partial charge >= 0.3 is 0 Å². The summed E-state index contributed by atoms with van der Waals surface area (Å²) < 4.78 is 5.32. The first-order chi connectivity index (χ1) is 9.21. The zero-order valence-corrected chi connectivity index (χ0v) is 13.2. The monoisotopic (exact) mass is 283 g/mol. The highest BCUT2D eigenvalue weighted by Crippen LogP contribution is 2.23. The van der Waals surface area contributed by atoms with Gasteiger partial charge in [-0.2, -0.15) is 11.8 Å². The second kappa shape index (κ2) is 9.02. The predicted octanol–water partition coefficient (Wildman–Crippen LogP) is 3.52. The van der Waals surface area contributed by atoms with Crippen molar-refractivity contribution in [3.63, 3.8) is 0 Å². The quantitative estimate of drug-likeness (QED) is 0.751. The summed E-state index contributed by atoms with van der Waals surface area (Å²) in [4.78, 5) is 8.61. The van der Waals surface area contributed by atoms with Gasteiger partial charge in [-0.25, -0.2) is 9.97 Å². The lowest BCUT2D eigenvalue weighted by Crippen LogP contribution is -2.22. The fourth-order valence-corrected chi connectivity index (χ4v) is 2.42. The molecule has 0 amide bonds. The fourth-order valence-electron chi connectivity index (χ4n) is 1.90. The number of anilines is 1. The number of unbranched alkanes of at least 4 members (excludes halogenated alkanes) is 1. The first-order valence-corrected chi connectivity index (χ1v) is 8.23. The number of aryl methyl sites for hydroxylation is 1. The van der Waals surface area contributed by atoms with Crippen LogP contribution in [0.5, 0.6) is 5.75 Å². The van der Waals surface area contributed by atoms with Crippen LogP contribution in [0.4, 0.5) is 5.82 Å². The molecule has 5 heteroatoms. The molecular formula is C14H25N3OS. The van der Waals surface area contributed by atoms with Gasteiger partial charge in [-0.1, -0.05) is 19.8 Å². The van der Waals surface area contributed by atoms with Crippen LogP contribution in [0.25, 0.3) is 0 Å². The van der Waals surface area contributed by atoms with E-state index in [0.717, 1.165) is 29.6 Å². The van der Waals surface area contributed by atoms with Crippen LogP contribution in [-0.4, -0.2) is 35.1 Å². The molecule has 0 aliphatic carbocycles. The summed E-state index contributed by atoms with van der Waals surface area (Å²) in [5, 5.41) is 3.52. The second-order valence-corrected chi connectivity index (χ2v) is 5.58. The summed E-state index contributed by atoms with van der Waals surface area (Å²) in [6.45, 7) is 4.12. The number of nitrogens with one attached hydrogen (secondary N) is 1. The number of ether oxygens (including phenoxy) is 1. The topological polar surface area (TPSA) is 47.0 Å². The van der Waals surface area contributed by atoms with Crippen molar-refractivity contribution >= 4 is 17.6 Å². The molecule has 0 bridgehead atoms. The van der Waals surface area contributed by atoms with E-state index < -0.39 is 0 Å². The molecule has 1 heterocycles. The van der Waals surface area contributed by atoms with E-state index in [1.165, 1.54) is 19.3 Å². The highest BCUT2D eigenvalue weighted by Gasteiger charge is 2.12. The molecule has 1 aromatic rings. The Labute approximate surface area is 120 Å². The minimum absolute atomic E-state index is 0.454. The molecule has 1 atom stereocenters. The van der Waals surface area contributed by atoms with Crippen molar-refractivity contribution in [2.45, 2.75) is 45.6 Å². The Hall–Kier alpha value is -0.970. The van der Waals surface area contributed by atoms with Crippen LogP contribution in [0, 0.1) is 6.92 Å². The number of nitrogens with zero attached hydrogens (tertiary/aromatic N) is 2. The van der Waals surface area contributed by atoms with Gasteiger partial charge in [-0.05, 0) is 31.8 Å². The lowest BCUT2D eigenvalue weighted by Gasteiger charge is -2.20. The minimum Gasteiger partial charge on any atom is -0.491 e. The molecule has 0 saturated heterocycles. The Morgan fingerprint density at radius 2 is 2.21 bits per heavy atom. The molecule has 0 saturated carbocycles. The van der Waals surface area contributed by atoms with E-state index in [1.54, 1.807) is 13.3 Å². The molecule has 1 N–H and O–H groups in total. The molecule has 19 heavy (non-hydrogen) atoms. The number of hydrogen-bond acceptors (Lipinski definition) is 5. The Bertz CT molecular complexity index is 366. The van der Waals surface area contributed by atoms with E-state index in [4.69, 9.17) is 4.74 Å². The van der Waals surface area contributed by atoms with Crippen LogP contribution < -0.4 is 10.1 Å². The second-order valence-electron chi connectivity index (χ2n) is 4.60. The standard InChI is InChI=1S/C14H25N3OS/c1-5-6-7-12(8-9-19-4)17-14-13(18-3)10-15-11(2)16-14/h10,12H,5-9H2,1-4H3,(H,15,16,17)/t12-/m0/s1. The van der Waals surface area contributed by atoms with Crippen LogP contribution in [-0.2, 0) is 0 Å². The zero-order chi connectivity index (χ0) is 14.1. The lowest BCUT2D eigenvalue weighted by molar-refractivity contribution is 0.411. The van der Waals surface area contributed by atoms with Gasteiger partial charge in [0.2, 0.25) is 0 Å². The number of rotatable bonds is 9. The van der Waals surface area contributed by atoms with E-state index in [-0.39, 0.29) is 0 Å². The Morgan fingerprint density at radius 3 is 2.84 bits per heavy atom. The van der Waals surface area contributed by atoms with Crippen LogP contribution in [0.1, 0.15) is 38.4 Å². The first kappa shape index (κ1) is 16.1. The van der Waals surface area contributed by atoms with Crippen LogP contribution >= 0.6 is 11.8 Å². The van der Waals surface area contributed by atoms with Crippen molar-refractivity contribution in [1.82, 2.24) is 9.97 Å². The molecule has 0 aromatic carbocycles. The summed E-state index contributed by atoms with van der Waals surface area (Å²) in [5.41, 5.74) is 0. The average Bonchev–Trinajstić information content (AvgIpc) is 2.42. The lowest BCUT2D eigenvalue weighted by atomic mass is 10.1. The maximum Gasteiger partial charge on any atom is 0.179 e. The summed E-state index contributed by atoms with van der Waals surface area (Å²) in [6.07, 6.45) is 8.65. The molecular weight excluding hydrogens is 258 g/mol. The molecule has 0 radical (unpaired) electrons. The smallest absolute Gasteiger partial charge is 0.179 e. The van der Waals surface area contributed by atoms with Gasteiger partial charge in [0, 0.05) is 6.04 Å². The van der Waals surface area contributed by atoms with Crippen molar-refractivity contribution in [3.05, 3.63) is 12.0 Å². The molecule has 108 valence electrons. The van der Waals surface area contributed by atoms with E-state index in [0.29, 0.717) is 6.04 Å². The minimum atomic E-state index is 0.454. The summed E-state index contributed by atoms with van der Waals surface area (Å²) in [7, 11) is 1.65. The van der Waals surface area contributed by atoms with E-state index >= 15 is 0 Å². The largest absolute Gasteiger partial charge is 0.491 e. The van der Waals surface area contributed by atoms with Crippen LogP contribution in [0.15, 0.2) is 6.20 Å². The molecule has 0 aliphatic heterocycles. The summed E-state index contributed by atoms with van der Waals surface area (Å²) >= 11 is 1.88. The Kier molecular flexibility index (Phi) is 7.63. The van der Waals surface area contributed by atoms with Crippen molar-refractivity contribution in [1.29, 1.82) is 0 Å². The number of methoxy groups -OCH3 is 1. The molecule has 4 nitrogen and oxygen atoms in total. The zero-order valence-electron chi connectivity index (χ0n) is 12.4. The van der Waals surface area contributed by atoms with Gasteiger partial charge in [-0.3, -0.25) is 0 Å². The van der Waals surface area contributed by atoms with E-state index in [9.17, 15) is 0 Å². The number of aromatic nitrogens is 2. The van der Waals surface area contributed by atoms with Crippen molar-refractivity contribution in [3.8, 4) is 5.75 Å². The average molecular weight is 283 g/mol. The molecule has 0 spiro atoms. The predicted molar refractivity (Wildman–Crippen MR) is 83.3 cm³/mol. The van der Waals surface area contributed by atoms with Gasteiger partial charge in [0.1, 0.15) is 5.82 Å². The van der Waals surface area contributed by atoms with Gasteiger partial charge < -0.3 is 10.1 Å². The van der Waals surface area contributed by atoms with Gasteiger partial charge in [0.25, 0.3) is 0 Å². The Balaban J connectivity index is 2.72. The fraction of sp³-hybridized carbons (Fsp3) is 0.714. The van der Waals surface area contributed by atoms with E-state index in [1.807, 2.05) is 18.7 Å². The molecule has 1 rings (SSSR count).